The SMILES string of the molecule is CCCCCCNC(=O)Nc1cc(S(C)(=O)=O)ccc1C. The van der Waals surface area contributed by atoms with Crippen LogP contribution in [0.25, 0.3) is 0 Å². The van der Waals surface area contributed by atoms with E-state index in [0.29, 0.717) is 12.2 Å². The van der Waals surface area contributed by atoms with Crippen LogP contribution in [0.1, 0.15) is 38.2 Å². The molecule has 0 atom stereocenters. The van der Waals surface area contributed by atoms with Crippen molar-refractivity contribution >= 4 is 21.6 Å². The maximum atomic E-state index is 11.8. The highest BCUT2D eigenvalue weighted by Gasteiger charge is 2.11. The predicted octanol–water partition coefficient (Wildman–Crippen LogP) is 3.10. The zero-order valence-corrected chi connectivity index (χ0v) is 13.7. The zero-order valence-electron chi connectivity index (χ0n) is 12.9. The number of hydrogen-bond acceptors (Lipinski definition) is 3. The number of rotatable bonds is 7. The van der Waals surface area contributed by atoms with Crippen molar-refractivity contribution in [3.8, 4) is 0 Å². The van der Waals surface area contributed by atoms with Crippen molar-refractivity contribution in [1.82, 2.24) is 5.32 Å². The van der Waals surface area contributed by atoms with Crippen molar-refractivity contribution in [1.29, 1.82) is 0 Å². The highest BCUT2D eigenvalue weighted by atomic mass is 32.2. The number of sulfone groups is 1. The lowest BCUT2D eigenvalue weighted by molar-refractivity contribution is 0.252. The first-order valence-corrected chi connectivity index (χ1v) is 9.09. The number of amides is 2. The quantitative estimate of drug-likeness (QED) is 0.760. The van der Waals surface area contributed by atoms with Crippen LogP contribution in [-0.4, -0.2) is 27.2 Å². The van der Waals surface area contributed by atoms with Crippen molar-refractivity contribution in [3.63, 3.8) is 0 Å². The van der Waals surface area contributed by atoms with Gasteiger partial charge < -0.3 is 10.6 Å². The summed E-state index contributed by atoms with van der Waals surface area (Å²) in [6.45, 7) is 4.58. The standard InChI is InChI=1S/C15H24N2O3S/c1-4-5-6-7-10-16-15(18)17-14-11-13(21(3,19)20)9-8-12(14)2/h8-9,11H,4-7,10H2,1-3H3,(H2,16,17,18). The van der Waals surface area contributed by atoms with Crippen molar-refractivity contribution in [2.45, 2.75) is 44.4 Å². The van der Waals surface area contributed by atoms with E-state index in [1.807, 2.05) is 6.92 Å². The van der Waals surface area contributed by atoms with Crippen LogP contribution in [0.15, 0.2) is 23.1 Å². The van der Waals surface area contributed by atoms with Crippen LogP contribution >= 0.6 is 0 Å². The molecule has 0 aromatic heterocycles. The third-order valence-electron chi connectivity index (χ3n) is 3.20. The van der Waals surface area contributed by atoms with Crippen molar-refractivity contribution in [2.24, 2.45) is 0 Å². The molecule has 0 unspecified atom stereocenters. The van der Waals surface area contributed by atoms with Gasteiger partial charge in [-0.05, 0) is 31.0 Å². The molecule has 1 aromatic carbocycles. The van der Waals surface area contributed by atoms with Crippen molar-refractivity contribution in [3.05, 3.63) is 23.8 Å². The summed E-state index contributed by atoms with van der Waals surface area (Å²) in [5.74, 6) is 0. The van der Waals surface area contributed by atoms with E-state index in [-0.39, 0.29) is 10.9 Å². The Kier molecular flexibility index (Phi) is 6.68. The van der Waals surface area contributed by atoms with E-state index in [4.69, 9.17) is 0 Å². The second-order valence-electron chi connectivity index (χ2n) is 5.19. The minimum Gasteiger partial charge on any atom is -0.338 e. The molecular formula is C15H24N2O3S. The first-order valence-electron chi connectivity index (χ1n) is 7.20. The number of aryl methyl sites for hydroxylation is 1. The van der Waals surface area contributed by atoms with Crippen LogP contribution in [0.4, 0.5) is 10.5 Å². The topological polar surface area (TPSA) is 75.3 Å². The van der Waals surface area contributed by atoms with E-state index < -0.39 is 9.84 Å². The number of benzene rings is 1. The maximum Gasteiger partial charge on any atom is 0.319 e. The molecule has 118 valence electrons. The fraction of sp³-hybridized carbons (Fsp3) is 0.533. The van der Waals surface area contributed by atoms with Gasteiger partial charge in [0.25, 0.3) is 0 Å². The molecule has 0 aliphatic rings. The molecule has 0 bridgehead atoms. The van der Waals surface area contributed by atoms with E-state index in [9.17, 15) is 13.2 Å². The van der Waals surface area contributed by atoms with Gasteiger partial charge in [0, 0.05) is 18.5 Å². The van der Waals surface area contributed by atoms with E-state index in [2.05, 4.69) is 17.6 Å². The molecule has 2 amide bonds. The minimum absolute atomic E-state index is 0.200. The lowest BCUT2D eigenvalue weighted by Gasteiger charge is -2.11. The third kappa shape index (κ3) is 6.16. The van der Waals surface area contributed by atoms with Gasteiger partial charge in [-0.1, -0.05) is 32.3 Å². The molecule has 0 saturated carbocycles. The van der Waals surface area contributed by atoms with Gasteiger partial charge in [-0.25, -0.2) is 13.2 Å². The summed E-state index contributed by atoms with van der Waals surface area (Å²) in [7, 11) is -3.28. The van der Waals surface area contributed by atoms with Crippen LogP contribution in [0, 0.1) is 6.92 Å². The van der Waals surface area contributed by atoms with E-state index in [1.165, 1.54) is 12.5 Å². The van der Waals surface area contributed by atoms with Gasteiger partial charge in [-0.15, -0.1) is 0 Å². The number of unbranched alkanes of at least 4 members (excludes halogenated alkanes) is 3. The van der Waals surface area contributed by atoms with Gasteiger partial charge in [0.1, 0.15) is 0 Å². The van der Waals surface area contributed by atoms with Crippen LogP contribution in [0.5, 0.6) is 0 Å². The Labute approximate surface area is 127 Å². The molecule has 0 radical (unpaired) electrons. The maximum absolute atomic E-state index is 11.8. The summed E-state index contributed by atoms with van der Waals surface area (Å²) in [5, 5.41) is 5.48. The zero-order chi connectivity index (χ0) is 15.9. The number of carbonyl (C=O) groups excluding carboxylic acids is 1. The average Bonchev–Trinajstić information content (AvgIpc) is 2.40. The van der Waals surface area contributed by atoms with Crippen molar-refractivity contribution in [2.75, 3.05) is 18.1 Å². The van der Waals surface area contributed by atoms with Crippen LogP contribution in [0.2, 0.25) is 0 Å². The third-order valence-corrected chi connectivity index (χ3v) is 4.31. The van der Waals surface area contributed by atoms with E-state index in [1.54, 1.807) is 12.1 Å². The molecule has 0 fully saturated rings. The largest absolute Gasteiger partial charge is 0.338 e. The normalized spacial score (nSPS) is 11.2. The molecule has 21 heavy (non-hydrogen) atoms. The average molecular weight is 312 g/mol. The summed E-state index contributed by atoms with van der Waals surface area (Å²) < 4.78 is 23.1. The predicted molar refractivity (Wildman–Crippen MR) is 85.5 cm³/mol. The smallest absolute Gasteiger partial charge is 0.319 e. The summed E-state index contributed by atoms with van der Waals surface area (Å²) in [6, 6.07) is 4.41. The number of urea groups is 1. The van der Waals surface area contributed by atoms with Crippen LogP contribution < -0.4 is 10.6 Å². The Morgan fingerprint density at radius 1 is 1.19 bits per heavy atom. The number of carbonyl (C=O) groups is 1. The fourth-order valence-corrected chi connectivity index (χ4v) is 2.53. The molecule has 1 rings (SSSR count). The van der Waals surface area contributed by atoms with Gasteiger partial charge >= 0.3 is 6.03 Å². The monoisotopic (exact) mass is 312 g/mol. The first-order chi connectivity index (χ1) is 9.84. The highest BCUT2D eigenvalue weighted by Crippen LogP contribution is 2.20. The molecule has 0 heterocycles. The minimum atomic E-state index is -3.28. The summed E-state index contributed by atoms with van der Waals surface area (Å²) in [5.41, 5.74) is 1.34. The fourth-order valence-electron chi connectivity index (χ4n) is 1.89. The number of anilines is 1. The Balaban J connectivity index is 2.59. The molecular weight excluding hydrogens is 288 g/mol. The van der Waals surface area contributed by atoms with Gasteiger partial charge in [-0.3, -0.25) is 0 Å². The van der Waals surface area contributed by atoms with Gasteiger partial charge in [0.05, 0.1) is 4.90 Å². The van der Waals surface area contributed by atoms with E-state index in [0.717, 1.165) is 31.1 Å². The Morgan fingerprint density at radius 3 is 2.52 bits per heavy atom. The van der Waals surface area contributed by atoms with Crippen LogP contribution in [-0.2, 0) is 9.84 Å². The van der Waals surface area contributed by atoms with Gasteiger partial charge in [-0.2, -0.15) is 0 Å². The molecule has 2 N–H and O–H groups in total. The lowest BCUT2D eigenvalue weighted by Crippen LogP contribution is -2.29. The molecule has 5 nitrogen and oxygen atoms in total. The molecule has 0 saturated heterocycles. The number of hydrogen-bond donors (Lipinski definition) is 2. The second kappa shape index (κ2) is 8.02. The number of nitrogens with one attached hydrogen (secondary N) is 2. The lowest BCUT2D eigenvalue weighted by atomic mass is 10.2. The van der Waals surface area contributed by atoms with Crippen LogP contribution in [0.3, 0.4) is 0 Å². The summed E-state index contributed by atoms with van der Waals surface area (Å²) >= 11 is 0. The van der Waals surface area contributed by atoms with Crippen molar-refractivity contribution < 1.29 is 13.2 Å². The van der Waals surface area contributed by atoms with Gasteiger partial charge in [0.2, 0.25) is 0 Å². The first kappa shape index (κ1) is 17.5. The molecule has 0 aliphatic carbocycles. The summed E-state index contributed by atoms with van der Waals surface area (Å²) in [6.07, 6.45) is 5.51. The molecule has 0 spiro atoms. The second-order valence-corrected chi connectivity index (χ2v) is 7.21. The Bertz CT molecular complexity index is 583. The Morgan fingerprint density at radius 2 is 1.90 bits per heavy atom. The van der Waals surface area contributed by atoms with E-state index >= 15 is 0 Å². The molecule has 6 heteroatoms. The molecule has 1 aromatic rings. The molecule has 0 aliphatic heterocycles. The highest BCUT2D eigenvalue weighted by molar-refractivity contribution is 7.90. The van der Waals surface area contributed by atoms with Gasteiger partial charge in [0.15, 0.2) is 9.84 Å². The summed E-state index contributed by atoms with van der Waals surface area (Å²) in [4.78, 5) is 12.0. The Hall–Kier alpha value is -1.56.